The average molecular weight is 370 g/mol. The highest BCUT2D eigenvalue weighted by Crippen LogP contribution is 2.34. The second-order valence-electron chi connectivity index (χ2n) is 6.50. The summed E-state index contributed by atoms with van der Waals surface area (Å²) in [5, 5.41) is 0. The summed E-state index contributed by atoms with van der Waals surface area (Å²) < 4.78 is 24.4. The Morgan fingerprint density at radius 3 is 2.70 bits per heavy atom. The van der Waals surface area contributed by atoms with Gasteiger partial charge in [-0.15, -0.1) is 0 Å². The number of hydrogen-bond donors (Lipinski definition) is 0. The number of benzene rings is 2. The highest BCUT2D eigenvalue weighted by Gasteiger charge is 2.30. The molecule has 140 valence electrons. The first-order valence-corrected chi connectivity index (χ1v) is 8.82. The fourth-order valence-corrected chi connectivity index (χ4v) is 3.32. The maximum atomic E-state index is 13.3. The molecule has 1 saturated heterocycles. The quantitative estimate of drug-likeness (QED) is 0.830. The lowest BCUT2D eigenvalue weighted by molar-refractivity contribution is -0.135. The van der Waals surface area contributed by atoms with Gasteiger partial charge in [0, 0.05) is 19.6 Å². The zero-order valence-electron chi connectivity index (χ0n) is 14.7. The fraction of sp³-hybridized carbons (Fsp3) is 0.300. The number of fused-ring (bicyclic) bond motifs is 1. The van der Waals surface area contributed by atoms with Crippen molar-refractivity contribution in [3.8, 4) is 11.5 Å². The van der Waals surface area contributed by atoms with E-state index < -0.39 is 0 Å². The average Bonchev–Trinajstić information content (AvgIpc) is 2.68. The number of nitrogens with zero attached hydrogens (tertiary/aromatic N) is 2. The van der Waals surface area contributed by atoms with Crippen molar-refractivity contribution in [2.75, 3.05) is 32.8 Å². The molecular formula is C20H19FN2O4. The van der Waals surface area contributed by atoms with Gasteiger partial charge in [-0.2, -0.15) is 0 Å². The first-order valence-electron chi connectivity index (χ1n) is 8.82. The zero-order chi connectivity index (χ0) is 18.8. The molecule has 2 aliphatic rings. The van der Waals surface area contributed by atoms with Crippen molar-refractivity contribution >= 4 is 11.8 Å². The SMILES string of the molecule is O=C1CN(C(=O)c2cccc3c2OCCO3)CCN1Cc1cccc(F)c1. The van der Waals surface area contributed by atoms with Crippen LogP contribution in [0.3, 0.4) is 0 Å². The molecule has 0 spiro atoms. The van der Waals surface area contributed by atoms with Gasteiger partial charge in [0.1, 0.15) is 25.6 Å². The van der Waals surface area contributed by atoms with Crippen LogP contribution in [0.15, 0.2) is 42.5 Å². The van der Waals surface area contributed by atoms with Crippen molar-refractivity contribution in [3.05, 3.63) is 59.4 Å². The summed E-state index contributed by atoms with van der Waals surface area (Å²) in [6, 6.07) is 11.4. The van der Waals surface area contributed by atoms with Crippen LogP contribution < -0.4 is 9.47 Å². The standard InChI is InChI=1S/C20H19FN2O4/c21-15-4-1-3-14(11-15)12-22-7-8-23(13-18(22)24)20(25)16-5-2-6-17-19(16)27-10-9-26-17/h1-6,11H,7-10,12-13H2. The van der Waals surface area contributed by atoms with Crippen LogP contribution in [0.4, 0.5) is 4.39 Å². The molecule has 2 aromatic rings. The summed E-state index contributed by atoms with van der Waals surface area (Å²) in [4.78, 5) is 28.5. The lowest BCUT2D eigenvalue weighted by Gasteiger charge is -2.35. The third-order valence-electron chi connectivity index (χ3n) is 4.66. The molecular weight excluding hydrogens is 351 g/mol. The lowest BCUT2D eigenvalue weighted by Crippen LogP contribution is -2.51. The third kappa shape index (κ3) is 3.58. The van der Waals surface area contributed by atoms with E-state index in [0.717, 1.165) is 5.56 Å². The van der Waals surface area contributed by atoms with E-state index in [1.165, 1.54) is 17.0 Å². The Hall–Kier alpha value is -3.09. The van der Waals surface area contributed by atoms with Gasteiger partial charge in [0.25, 0.3) is 5.91 Å². The Bertz CT molecular complexity index is 886. The van der Waals surface area contributed by atoms with Gasteiger partial charge >= 0.3 is 0 Å². The molecule has 2 aliphatic heterocycles. The second kappa shape index (κ2) is 7.26. The molecule has 0 aliphatic carbocycles. The summed E-state index contributed by atoms with van der Waals surface area (Å²) in [5.74, 6) is 0.230. The van der Waals surface area contributed by atoms with Gasteiger partial charge in [-0.25, -0.2) is 4.39 Å². The van der Waals surface area contributed by atoms with Gasteiger partial charge in [-0.1, -0.05) is 18.2 Å². The van der Waals surface area contributed by atoms with Crippen molar-refractivity contribution in [2.24, 2.45) is 0 Å². The molecule has 0 atom stereocenters. The number of ether oxygens (including phenoxy) is 2. The fourth-order valence-electron chi connectivity index (χ4n) is 3.32. The number of halogens is 1. The lowest BCUT2D eigenvalue weighted by atomic mass is 10.1. The monoisotopic (exact) mass is 370 g/mol. The van der Waals surface area contributed by atoms with Crippen molar-refractivity contribution in [1.29, 1.82) is 0 Å². The first-order chi connectivity index (χ1) is 13.1. The van der Waals surface area contributed by atoms with E-state index >= 15 is 0 Å². The summed E-state index contributed by atoms with van der Waals surface area (Å²) >= 11 is 0. The summed E-state index contributed by atoms with van der Waals surface area (Å²) in [6.07, 6.45) is 0. The number of amides is 2. The van der Waals surface area contributed by atoms with Crippen LogP contribution in [0.2, 0.25) is 0 Å². The van der Waals surface area contributed by atoms with E-state index in [-0.39, 0.29) is 24.2 Å². The smallest absolute Gasteiger partial charge is 0.258 e. The molecule has 6 nitrogen and oxygen atoms in total. The second-order valence-corrected chi connectivity index (χ2v) is 6.50. The number of carbonyl (C=O) groups excluding carboxylic acids is 2. The van der Waals surface area contributed by atoms with Gasteiger partial charge in [0.2, 0.25) is 5.91 Å². The maximum absolute atomic E-state index is 13.3. The number of rotatable bonds is 3. The van der Waals surface area contributed by atoms with Crippen molar-refractivity contribution in [3.63, 3.8) is 0 Å². The van der Waals surface area contributed by atoms with Crippen LogP contribution in [-0.4, -0.2) is 54.5 Å². The van der Waals surface area contributed by atoms with Crippen LogP contribution >= 0.6 is 0 Å². The number of piperazine rings is 1. The largest absolute Gasteiger partial charge is 0.486 e. The predicted molar refractivity (Wildman–Crippen MR) is 95.2 cm³/mol. The van der Waals surface area contributed by atoms with E-state index in [2.05, 4.69) is 0 Å². The highest BCUT2D eigenvalue weighted by atomic mass is 19.1. The van der Waals surface area contributed by atoms with Crippen LogP contribution in [0.25, 0.3) is 0 Å². The normalized spacial score (nSPS) is 16.4. The molecule has 2 amide bonds. The Morgan fingerprint density at radius 1 is 1.07 bits per heavy atom. The molecule has 0 aromatic heterocycles. The molecule has 4 rings (SSSR count). The maximum Gasteiger partial charge on any atom is 0.258 e. The van der Waals surface area contributed by atoms with E-state index in [0.29, 0.717) is 49.9 Å². The Kier molecular flexibility index (Phi) is 4.66. The van der Waals surface area contributed by atoms with E-state index in [9.17, 15) is 14.0 Å². The number of hydrogen-bond acceptors (Lipinski definition) is 4. The minimum atomic E-state index is -0.329. The van der Waals surface area contributed by atoms with Crippen LogP contribution in [0, 0.1) is 5.82 Å². The molecule has 0 N–H and O–H groups in total. The molecule has 27 heavy (non-hydrogen) atoms. The van der Waals surface area contributed by atoms with E-state index in [4.69, 9.17) is 9.47 Å². The molecule has 2 aromatic carbocycles. The minimum Gasteiger partial charge on any atom is -0.486 e. The van der Waals surface area contributed by atoms with E-state index in [1.54, 1.807) is 35.2 Å². The molecule has 0 bridgehead atoms. The minimum absolute atomic E-state index is 0.0152. The zero-order valence-corrected chi connectivity index (χ0v) is 14.7. The third-order valence-corrected chi connectivity index (χ3v) is 4.66. The van der Waals surface area contributed by atoms with Crippen molar-refractivity contribution in [1.82, 2.24) is 9.80 Å². The molecule has 1 fully saturated rings. The van der Waals surface area contributed by atoms with Gasteiger partial charge in [0.15, 0.2) is 11.5 Å². The molecule has 7 heteroatoms. The Balaban J connectivity index is 1.45. The van der Waals surface area contributed by atoms with Crippen LogP contribution in [-0.2, 0) is 11.3 Å². The van der Waals surface area contributed by atoms with Crippen molar-refractivity contribution < 1.29 is 23.5 Å². The van der Waals surface area contributed by atoms with Gasteiger partial charge < -0.3 is 19.3 Å². The Labute approximate surface area is 156 Å². The van der Waals surface area contributed by atoms with Crippen LogP contribution in [0.5, 0.6) is 11.5 Å². The van der Waals surface area contributed by atoms with Gasteiger partial charge in [0.05, 0.1) is 5.56 Å². The van der Waals surface area contributed by atoms with Gasteiger partial charge in [-0.3, -0.25) is 9.59 Å². The summed E-state index contributed by atoms with van der Waals surface area (Å²) in [5.41, 5.74) is 1.13. The Morgan fingerprint density at radius 2 is 1.89 bits per heavy atom. The molecule has 2 heterocycles. The predicted octanol–water partition coefficient (Wildman–Crippen LogP) is 2.08. The topological polar surface area (TPSA) is 59.1 Å². The van der Waals surface area contributed by atoms with Crippen LogP contribution in [0.1, 0.15) is 15.9 Å². The highest BCUT2D eigenvalue weighted by molar-refractivity contribution is 6.00. The molecule has 0 unspecified atom stereocenters. The molecule has 0 radical (unpaired) electrons. The summed E-state index contributed by atoms with van der Waals surface area (Å²) in [7, 11) is 0. The van der Waals surface area contributed by atoms with Crippen molar-refractivity contribution in [2.45, 2.75) is 6.54 Å². The first kappa shape index (κ1) is 17.3. The number of para-hydroxylation sites is 1. The summed E-state index contributed by atoms with van der Waals surface area (Å²) in [6.45, 7) is 1.95. The van der Waals surface area contributed by atoms with Gasteiger partial charge in [-0.05, 0) is 29.8 Å². The molecule has 0 saturated carbocycles. The number of carbonyl (C=O) groups is 2. The van der Waals surface area contributed by atoms with E-state index in [1.807, 2.05) is 0 Å².